The summed E-state index contributed by atoms with van der Waals surface area (Å²) in [4.78, 5) is 27.8. The van der Waals surface area contributed by atoms with Gasteiger partial charge in [-0.3, -0.25) is 9.59 Å². The van der Waals surface area contributed by atoms with Crippen LogP contribution < -0.4 is 10.6 Å². The van der Waals surface area contributed by atoms with Crippen LogP contribution in [0.1, 0.15) is 16.8 Å². The molecule has 2 aromatic rings. The molecule has 0 spiro atoms. The largest absolute Gasteiger partial charge is 0.322 e. The van der Waals surface area contributed by atoms with E-state index in [-0.39, 0.29) is 17.8 Å². The summed E-state index contributed by atoms with van der Waals surface area (Å²) >= 11 is 3.13. The number of alkyl halides is 1. The minimum Gasteiger partial charge on any atom is -0.322 e. The van der Waals surface area contributed by atoms with E-state index in [4.69, 9.17) is 0 Å². The Labute approximate surface area is 144 Å². The number of carbonyl (C=O) groups excluding carboxylic acids is 2. The Bertz CT molecular complexity index is 795. The van der Waals surface area contributed by atoms with E-state index in [0.717, 1.165) is 0 Å². The maximum atomic E-state index is 13.8. The molecule has 1 heterocycles. The third-order valence-electron chi connectivity index (χ3n) is 3.51. The predicted octanol–water partition coefficient (Wildman–Crippen LogP) is 3.53. The summed E-state index contributed by atoms with van der Waals surface area (Å²) < 4.78 is 27.0. The number of rotatable bonds is 4. The fourth-order valence-corrected chi connectivity index (χ4v) is 2.66. The summed E-state index contributed by atoms with van der Waals surface area (Å²) in [5, 5.41) is 5.02. The Hall–Kier alpha value is -2.35. The van der Waals surface area contributed by atoms with Gasteiger partial charge in [-0.05, 0) is 40.5 Å². The zero-order valence-electron chi connectivity index (χ0n) is 12.2. The maximum absolute atomic E-state index is 13.8. The van der Waals surface area contributed by atoms with Crippen molar-refractivity contribution in [3.8, 4) is 0 Å². The molecule has 0 bridgehead atoms. The van der Waals surface area contributed by atoms with Crippen LogP contribution in [0.2, 0.25) is 0 Å². The molecule has 0 unspecified atom stereocenters. The molecule has 1 aromatic heterocycles. The molecular weight excluding hydrogens is 384 g/mol. The van der Waals surface area contributed by atoms with Crippen LogP contribution in [-0.2, 0) is 4.79 Å². The number of benzene rings is 1. The average molecular weight is 396 g/mol. The first kappa shape index (κ1) is 16.5. The second-order valence-electron chi connectivity index (χ2n) is 5.33. The molecular formula is C16H12BrF2N3O2. The van der Waals surface area contributed by atoms with E-state index in [1.54, 1.807) is 6.07 Å². The fourth-order valence-electron chi connectivity index (χ4n) is 2.14. The van der Waals surface area contributed by atoms with Crippen molar-refractivity contribution in [3.05, 3.63) is 52.4 Å². The molecule has 1 aliphatic rings. The summed E-state index contributed by atoms with van der Waals surface area (Å²) in [5.41, 5.74) is 0.200. The standard InChI is InChI=1S/C16H12BrF2N3O2/c17-10-2-1-3-11(18)14(10)16(24)21-8-4-5-20-13(6-8)22-15(23)9-7-12(9)19/h1-6,9,12H,7H2,(H2,20,21,22,23,24)/t9-,12+/m0/s1. The van der Waals surface area contributed by atoms with Crippen LogP contribution >= 0.6 is 15.9 Å². The molecule has 2 N–H and O–H groups in total. The van der Waals surface area contributed by atoms with Gasteiger partial charge in [0.25, 0.3) is 5.91 Å². The van der Waals surface area contributed by atoms with Crippen LogP contribution in [0.4, 0.5) is 20.3 Å². The van der Waals surface area contributed by atoms with Gasteiger partial charge in [-0.1, -0.05) is 6.07 Å². The fraction of sp³-hybridized carbons (Fsp3) is 0.188. The summed E-state index contributed by atoms with van der Waals surface area (Å²) in [6.07, 6.45) is 0.483. The van der Waals surface area contributed by atoms with Gasteiger partial charge < -0.3 is 10.6 Å². The molecule has 124 valence electrons. The number of nitrogens with zero attached hydrogens (tertiary/aromatic N) is 1. The second-order valence-corrected chi connectivity index (χ2v) is 6.18. The first-order valence-electron chi connectivity index (χ1n) is 7.12. The highest BCUT2D eigenvalue weighted by Gasteiger charge is 2.43. The lowest BCUT2D eigenvalue weighted by Crippen LogP contribution is -2.17. The van der Waals surface area contributed by atoms with E-state index in [9.17, 15) is 18.4 Å². The molecule has 1 aliphatic carbocycles. The van der Waals surface area contributed by atoms with Gasteiger partial charge in [0.2, 0.25) is 5.91 Å². The van der Waals surface area contributed by atoms with Gasteiger partial charge >= 0.3 is 0 Å². The normalized spacial score (nSPS) is 18.8. The van der Waals surface area contributed by atoms with Crippen molar-refractivity contribution < 1.29 is 18.4 Å². The van der Waals surface area contributed by atoms with Crippen LogP contribution in [-0.4, -0.2) is 23.0 Å². The molecule has 0 aliphatic heterocycles. The monoisotopic (exact) mass is 395 g/mol. The molecule has 1 saturated carbocycles. The number of hydrogen-bond acceptors (Lipinski definition) is 3. The van der Waals surface area contributed by atoms with Crippen molar-refractivity contribution >= 4 is 39.2 Å². The number of halogens is 3. The number of pyridine rings is 1. The predicted molar refractivity (Wildman–Crippen MR) is 87.9 cm³/mol. The number of hydrogen-bond donors (Lipinski definition) is 2. The topological polar surface area (TPSA) is 71.1 Å². The van der Waals surface area contributed by atoms with Crippen LogP contribution in [0, 0.1) is 11.7 Å². The van der Waals surface area contributed by atoms with Crippen molar-refractivity contribution in [2.75, 3.05) is 10.6 Å². The molecule has 8 heteroatoms. The number of amides is 2. The zero-order valence-corrected chi connectivity index (χ0v) is 13.8. The molecule has 2 amide bonds. The zero-order chi connectivity index (χ0) is 17.3. The molecule has 0 radical (unpaired) electrons. The van der Waals surface area contributed by atoms with Gasteiger partial charge in [-0.2, -0.15) is 0 Å². The van der Waals surface area contributed by atoms with Gasteiger partial charge in [0.15, 0.2) is 0 Å². The lowest BCUT2D eigenvalue weighted by molar-refractivity contribution is -0.117. The van der Waals surface area contributed by atoms with E-state index in [1.165, 1.54) is 30.5 Å². The number of aromatic nitrogens is 1. The molecule has 1 fully saturated rings. The number of carbonyl (C=O) groups is 2. The molecule has 3 rings (SSSR count). The lowest BCUT2D eigenvalue weighted by Gasteiger charge is -2.09. The molecule has 2 atom stereocenters. The SMILES string of the molecule is O=C(Nc1ccnc(NC(=O)[C@H]2C[C@H]2F)c1)c1c(F)cccc1Br. The van der Waals surface area contributed by atoms with Gasteiger partial charge in [0.1, 0.15) is 17.8 Å². The van der Waals surface area contributed by atoms with Crippen LogP contribution in [0.3, 0.4) is 0 Å². The Morgan fingerprint density at radius 2 is 2.00 bits per heavy atom. The maximum Gasteiger partial charge on any atom is 0.259 e. The van der Waals surface area contributed by atoms with Gasteiger partial charge in [0.05, 0.1) is 11.5 Å². The van der Waals surface area contributed by atoms with Crippen molar-refractivity contribution in [1.82, 2.24) is 4.98 Å². The summed E-state index contributed by atoms with van der Waals surface area (Å²) in [6, 6.07) is 7.13. The van der Waals surface area contributed by atoms with Gasteiger partial charge in [-0.15, -0.1) is 0 Å². The van der Waals surface area contributed by atoms with E-state index in [0.29, 0.717) is 10.2 Å². The van der Waals surface area contributed by atoms with E-state index >= 15 is 0 Å². The summed E-state index contributed by atoms with van der Waals surface area (Å²) in [7, 11) is 0. The smallest absolute Gasteiger partial charge is 0.259 e. The van der Waals surface area contributed by atoms with E-state index in [2.05, 4.69) is 31.5 Å². The highest BCUT2D eigenvalue weighted by atomic mass is 79.9. The van der Waals surface area contributed by atoms with Crippen molar-refractivity contribution in [1.29, 1.82) is 0 Å². The number of nitrogens with one attached hydrogen (secondary N) is 2. The Morgan fingerprint density at radius 1 is 1.25 bits per heavy atom. The highest BCUT2D eigenvalue weighted by Crippen LogP contribution is 2.34. The van der Waals surface area contributed by atoms with Crippen LogP contribution in [0.15, 0.2) is 41.0 Å². The van der Waals surface area contributed by atoms with Gasteiger partial charge in [-0.25, -0.2) is 13.8 Å². The summed E-state index contributed by atoms with van der Waals surface area (Å²) in [5.74, 6) is -2.21. The minimum atomic E-state index is -1.11. The minimum absolute atomic E-state index is 0.127. The highest BCUT2D eigenvalue weighted by molar-refractivity contribution is 9.10. The Morgan fingerprint density at radius 3 is 2.67 bits per heavy atom. The lowest BCUT2D eigenvalue weighted by atomic mass is 10.2. The van der Waals surface area contributed by atoms with E-state index < -0.39 is 29.7 Å². The van der Waals surface area contributed by atoms with Gasteiger partial charge in [0, 0.05) is 22.4 Å². The van der Waals surface area contributed by atoms with E-state index in [1.807, 2.05) is 0 Å². The molecule has 1 aromatic carbocycles. The third kappa shape index (κ3) is 3.59. The molecule has 0 saturated heterocycles. The average Bonchev–Trinajstić information content (AvgIpc) is 3.24. The summed E-state index contributed by atoms with van der Waals surface area (Å²) in [6.45, 7) is 0. The number of anilines is 2. The first-order chi connectivity index (χ1) is 11.5. The second kappa shape index (κ2) is 6.64. The van der Waals surface area contributed by atoms with Crippen LogP contribution in [0.5, 0.6) is 0 Å². The van der Waals surface area contributed by atoms with Crippen molar-refractivity contribution in [2.24, 2.45) is 5.92 Å². The quantitative estimate of drug-likeness (QED) is 0.831. The third-order valence-corrected chi connectivity index (χ3v) is 4.17. The Kier molecular flexibility index (Phi) is 4.57. The Balaban J connectivity index is 1.72. The van der Waals surface area contributed by atoms with Crippen molar-refractivity contribution in [2.45, 2.75) is 12.6 Å². The van der Waals surface area contributed by atoms with Crippen molar-refractivity contribution in [3.63, 3.8) is 0 Å². The first-order valence-corrected chi connectivity index (χ1v) is 7.91. The van der Waals surface area contributed by atoms with Crippen LogP contribution in [0.25, 0.3) is 0 Å². The molecule has 24 heavy (non-hydrogen) atoms. The molecule has 5 nitrogen and oxygen atoms in total.